The van der Waals surface area contributed by atoms with E-state index in [9.17, 15) is 23.8 Å². The van der Waals surface area contributed by atoms with E-state index in [1.165, 1.54) is 6.07 Å². The molecule has 0 aliphatic carbocycles. The second kappa shape index (κ2) is 9.70. The molecule has 0 radical (unpaired) electrons. The lowest BCUT2D eigenvalue weighted by Crippen LogP contribution is -2.37. The first-order chi connectivity index (χ1) is 16.4. The molecule has 0 saturated heterocycles. The number of hydrogen-bond acceptors (Lipinski definition) is 5. The number of halogens is 2. The molecule has 0 aliphatic heterocycles. The zero-order valence-corrected chi connectivity index (χ0v) is 18.5. The first-order valence-corrected chi connectivity index (χ1v) is 10.7. The van der Waals surface area contributed by atoms with Gasteiger partial charge in [0.1, 0.15) is 23.9 Å². The summed E-state index contributed by atoms with van der Waals surface area (Å²) < 4.78 is 35.2. The van der Waals surface area contributed by atoms with Crippen LogP contribution in [0.4, 0.5) is 8.78 Å². The molecule has 0 unspecified atom stereocenters. The molecule has 0 saturated carbocycles. The molecule has 8 heteroatoms. The number of ketones is 1. The number of hydrogen-bond donors (Lipinski definition) is 2. The average Bonchev–Trinajstić information content (AvgIpc) is 3.19. The van der Waals surface area contributed by atoms with Crippen LogP contribution in [0.15, 0.2) is 66.9 Å². The third-order valence-corrected chi connectivity index (χ3v) is 5.98. The predicted octanol–water partition coefficient (Wildman–Crippen LogP) is 4.00. The topological polar surface area (TPSA) is 84.1 Å². The van der Waals surface area contributed by atoms with Crippen molar-refractivity contribution in [1.82, 2.24) is 9.38 Å². The van der Waals surface area contributed by atoms with E-state index in [0.29, 0.717) is 16.9 Å². The highest BCUT2D eigenvalue weighted by Crippen LogP contribution is 2.31. The van der Waals surface area contributed by atoms with Gasteiger partial charge in [-0.1, -0.05) is 36.4 Å². The number of carbonyl (C=O) groups excluding carboxylic acids is 1. The van der Waals surface area contributed by atoms with Gasteiger partial charge >= 0.3 is 0 Å². The molecular formula is C26H24F2N2O4. The van der Waals surface area contributed by atoms with Gasteiger partial charge in [-0.05, 0) is 36.8 Å². The molecule has 0 fully saturated rings. The molecule has 0 aliphatic rings. The van der Waals surface area contributed by atoms with E-state index in [1.54, 1.807) is 53.9 Å². The van der Waals surface area contributed by atoms with Gasteiger partial charge in [0.15, 0.2) is 17.2 Å². The third kappa shape index (κ3) is 4.30. The van der Waals surface area contributed by atoms with E-state index in [4.69, 9.17) is 4.74 Å². The minimum absolute atomic E-state index is 0.149. The average molecular weight is 466 g/mol. The Labute approximate surface area is 195 Å². The van der Waals surface area contributed by atoms with E-state index in [1.807, 2.05) is 6.07 Å². The minimum atomic E-state index is -1.16. The van der Waals surface area contributed by atoms with Gasteiger partial charge in [-0.25, -0.2) is 13.8 Å². The first-order valence-electron chi connectivity index (χ1n) is 10.7. The van der Waals surface area contributed by atoms with Crippen molar-refractivity contribution in [2.45, 2.75) is 25.4 Å². The van der Waals surface area contributed by atoms with Gasteiger partial charge in [0.25, 0.3) is 0 Å². The number of rotatable bonds is 9. The van der Waals surface area contributed by atoms with Gasteiger partial charge in [0.2, 0.25) is 0 Å². The summed E-state index contributed by atoms with van der Waals surface area (Å²) in [4.78, 5) is 17.9. The fourth-order valence-corrected chi connectivity index (χ4v) is 4.05. The van der Waals surface area contributed by atoms with Crippen LogP contribution in [0.2, 0.25) is 0 Å². The van der Waals surface area contributed by atoms with Gasteiger partial charge in [0, 0.05) is 18.0 Å². The summed E-state index contributed by atoms with van der Waals surface area (Å²) in [6, 6.07) is 15.7. The van der Waals surface area contributed by atoms with Gasteiger partial charge in [0.05, 0.1) is 24.5 Å². The first kappa shape index (κ1) is 23.5. The number of fused-ring (bicyclic) bond motifs is 1. The smallest absolute Gasteiger partial charge is 0.182 e. The van der Waals surface area contributed by atoms with E-state index >= 15 is 0 Å². The lowest BCUT2D eigenvalue weighted by Gasteiger charge is -2.29. The largest absolute Gasteiger partial charge is 0.485 e. The number of aliphatic hydroxyl groups is 2. The van der Waals surface area contributed by atoms with Crippen molar-refractivity contribution in [3.8, 4) is 5.75 Å². The van der Waals surface area contributed by atoms with Gasteiger partial charge in [-0.2, -0.15) is 0 Å². The lowest BCUT2D eigenvalue weighted by molar-refractivity contribution is 0.0782. The maximum Gasteiger partial charge on any atom is 0.182 e. The van der Waals surface area contributed by atoms with Crippen molar-refractivity contribution in [3.63, 3.8) is 0 Å². The number of pyridine rings is 1. The Morgan fingerprint density at radius 2 is 1.68 bits per heavy atom. The molecule has 0 spiro atoms. The molecule has 34 heavy (non-hydrogen) atoms. The predicted molar refractivity (Wildman–Crippen MR) is 122 cm³/mol. The maximum absolute atomic E-state index is 14.0. The molecule has 0 atom stereocenters. The monoisotopic (exact) mass is 466 g/mol. The summed E-state index contributed by atoms with van der Waals surface area (Å²) >= 11 is 0. The molecule has 2 heterocycles. The molecule has 0 bridgehead atoms. The van der Waals surface area contributed by atoms with E-state index in [2.05, 4.69) is 4.98 Å². The molecule has 0 amide bonds. The summed E-state index contributed by atoms with van der Waals surface area (Å²) in [6.45, 7) is 0.483. The lowest BCUT2D eigenvalue weighted by atomic mass is 9.77. The van der Waals surface area contributed by atoms with Crippen LogP contribution in [0.1, 0.15) is 33.7 Å². The number of imidazole rings is 1. The van der Waals surface area contributed by atoms with Crippen molar-refractivity contribution < 1.29 is 28.5 Å². The van der Waals surface area contributed by atoms with Gasteiger partial charge in [-0.3, -0.25) is 9.20 Å². The van der Waals surface area contributed by atoms with Gasteiger partial charge < -0.3 is 14.9 Å². The Morgan fingerprint density at radius 3 is 2.32 bits per heavy atom. The Kier molecular flexibility index (Phi) is 6.72. The number of ether oxygens (including phenoxy) is 1. The van der Waals surface area contributed by atoms with E-state index in [-0.39, 0.29) is 35.8 Å². The van der Waals surface area contributed by atoms with E-state index in [0.717, 1.165) is 12.1 Å². The molecule has 6 nitrogen and oxygen atoms in total. The highest BCUT2D eigenvalue weighted by atomic mass is 19.1. The number of aryl methyl sites for hydroxylation is 1. The van der Waals surface area contributed by atoms with Gasteiger partial charge in [-0.15, -0.1) is 0 Å². The SMILES string of the molecule is Cc1nc2c(OCc3c(F)cccc3F)cccn2c1C(=O)CC(CO)(CO)c1ccccc1. The van der Waals surface area contributed by atoms with Crippen LogP contribution in [-0.4, -0.2) is 38.6 Å². The number of nitrogens with zero attached hydrogens (tertiary/aromatic N) is 2. The second-order valence-corrected chi connectivity index (χ2v) is 8.16. The summed E-state index contributed by atoms with van der Waals surface area (Å²) in [5, 5.41) is 20.2. The van der Waals surface area contributed by atoms with Crippen LogP contribution in [0.25, 0.3) is 5.65 Å². The Morgan fingerprint density at radius 1 is 1.00 bits per heavy atom. The van der Waals surface area contributed by atoms with Crippen LogP contribution in [0.3, 0.4) is 0 Å². The summed E-state index contributed by atoms with van der Waals surface area (Å²) in [7, 11) is 0. The van der Waals surface area contributed by atoms with Crippen LogP contribution in [-0.2, 0) is 12.0 Å². The van der Waals surface area contributed by atoms with Crippen LogP contribution < -0.4 is 4.74 Å². The number of Topliss-reactive ketones (excluding diaryl/α,β-unsaturated/α-hetero) is 1. The molecule has 2 N–H and O–H groups in total. The van der Waals surface area contributed by atoms with E-state index < -0.39 is 30.3 Å². The molecule has 2 aromatic carbocycles. The normalized spacial score (nSPS) is 11.7. The fourth-order valence-electron chi connectivity index (χ4n) is 4.05. The Bertz CT molecular complexity index is 1300. The zero-order valence-electron chi connectivity index (χ0n) is 18.5. The Balaban J connectivity index is 1.66. The van der Waals surface area contributed by atoms with Crippen molar-refractivity contribution >= 4 is 11.4 Å². The number of aliphatic hydroxyl groups excluding tert-OH is 2. The van der Waals surface area contributed by atoms with Crippen LogP contribution >= 0.6 is 0 Å². The number of benzene rings is 2. The fraction of sp³-hybridized carbons (Fsp3) is 0.231. The number of aromatic nitrogens is 2. The molecule has 4 aromatic rings. The Hall–Kier alpha value is -3.62. The molecule has 2 aromatic heterocycles. The molecule has 176 valence electrons. The maximum atomic E-state index is 14.0. The van der Waals surface area contributed by atoms with Crippen molar-refractivity contribution in [3.05, 3.63) is 101 Å². The molecule has 4 rings (SSSR count). The van der Waals surface area contributed by atoms with Crippen molar-refractivity contribution in [2.75, 3.05) is 13.2 Å². The quantitative estimate of drug-likeness (QED) is 0.365. The minimum Gasteiger partial charge on any atom is -0.485 e. The zero-order chi connectivity index (χ0) is 24.3. The highest BCUT2D eigenvalue weighted by molar-refractivity contribution is 5.97. The second-order valence-electron chi connectivity index (χ2n) is 8.16. The summed E-state index contributed by atoms with van der Waals surface area (Å²) in [5.41, 5.74) is 0.304. The highest BCUT2D eigenvalue weighted by Gasteiger charge is 2.35. The standard InChI is InChI=1S/C26H24F2N2O4/c1-17-24(22(33)13-26(15-31,16-32)18-7-3-2-4-8-18)30-12-6-11-23(25(30)29-17)34-14-19-20(27)9-5-10-21(19)28/h2-12,31-32H,13-16H2,1H3. The van der Waals surface area contributed by atoms with Crippen LogP contribution in [0, 0.1) is 18.6 Å². The molecular weight excluding hydrogens is 442 g/mol. The summed E-state index contributed by atoms with van der Waals surface area (Å²) in [5.74, 6) is -1.50. The van der Waals surface area contributed by atoms with Crippen molar-refractivity contribution in [2.24, 2.45) is 0 Å². The summed E-state index contributed by atoms with van der Waals surface area (Å²) in [6.07, 6.45) is 1.49. The van der Waals surface area contributed by atoms with Crippen LogP contribution in [0.5, 0.6) is 5.75 Å². The van der Waals surface area contributed by atoms with Crippen molar-refractivity contribution in [1.29, 1.82) is 0 Å². The third-order valence-electron chi connectivity index (χ3n) is 5.98. The number of carbonyl (C=O) groups is 1.